The van der Waals surface area contributed by atoms with E-state index in [1.165, 1.54) is 6.92 Å². The van der Waals surface area contributed by atoms with Crippen molar-refractivity contribution in [3.05, 3.63) is 53.1 Å². The lowest BCUT2D eigenvalue weighted by Gasteiger charge is -2.19. The molecule has 2 aromatic rings. The molecule has 1 heterocycles. The molecule has 1 atom stereocenters. The van der Waals surface area contributed by atoms with Gasteiger partial charge in [-0.2, -0.15) is 0 Å². The number of amides is 4. The number of benzene rings is 2. The Morgan fingerprint density at radius 2 is 1.79 bits per heavy atom. The molecule has 0 bridgehead atoms. The Hall–Kier alpha value is -3.79. The van der Waals surface area contributed by atoms with Gasteiger partial charge in [-0.15, -0.1) is 0 Å². The Balaban J connectivity index is 1.48. The van der Waals surface area contributed by atoms with E-state index < -0.39 is 30.6 Å². The first-order valence-electron chi connectivity index (χ1n) is 9.99. The molecule has 4 amide bonds. The van der Waals surface area contributed by atoms with E-state index in [9.17, 15) is 19.2 Å². The average Bonchev–Trinajstić information content (AvgIpc) is 2.77. The van der Waals surface area contributed by atoms with E-state index in [0.717, 1.165) is 0 Å². The minimum Gasteiger partial charge on any atom is -0.486 e. The molecule has 0 saturated heterocycles. The number of hydrogen-bond donors (Lipinski definition) is 3. The van der Waals surface area contributed by atoms with E-state index in [0.29, 0.717) is 41.0 Å². The molecule has 0 spiro atoms. The van der Waals surface area contributed by atoms with E-state index >= 15 is 0 Å². The highest BCUT2D eigenvalue weighted by Gasteiger charge is 2.21. The first kappa shape index (κ1) is 23.9. The van der Waals surface area contributed by atoms with Crippen LogP contribution in [0, 0.1) is 0 Å². The maximum absolute atomic E-state index is 12.2. The van der Waals surface area contributed by atoms with Crippen molar-refractivity contribution in [1.82, 2.24) is 10.6 Å². The van der Waals surface area contributed by atoms with E-state index in [4.69, 9.17) is 25.8 Å². The molecule has 1 aliphatic rings. The van der Waals surface area contributed by atoms with Gasteiger partial charge < -0.3 is 24.8 Å². The molecule has 3 N–H and O–H groups in total. The molecule has 2 aromatic carbocycles. The summed E-state index contributed by atoms with van der Waals surface area (Å²) in [6, 6.07) is 9.99. The van der Waals surface area contributed by atoms with Gasteiger partial charge in [0.2, 0.25) is 5.91 Å². The zero-order valence-corrected chi connectivity index (χ0v) is 18.4. The van der Waals surface area contributed by atoms with Crippen molar-refractivity contribution in [2.24, 2.45) is 0 Å². The van der Waals surface area contributed by atoms with Gasteiger partial charge >= 0.3 is 12.0 Å². The summed E-state index contributed by atoms with van der Waals surface area (Å²) in [6.07, 6.45) is -0.250. The number of rotatable bonds is 7. The number of urea groups is 1. The van der Waals surface area contributed by atoms with Crippen LogP contribution in [-0.4, -0.2) is 43.6 Å². The van der Waals surface area contributed by atoms with E-state index in [1.54, 1.807) is 42.5 Å². The van der Waals surface area contributed by atoms with Crippen molar-refractivity contribution in [1.29, 1.82) is 0 Å². The van der Waals surface area contributed by atoms with Crippen LogP contribution >= 0.6 is 11.6 Å². The Morgan fingerprint density at radius 3 is 2.52 bits per heavy atom. The molecule has 0 radical (unpaired) electrons. The molecule has 11 heteroatoms. The standard InChI is InChI=1S/C22H22ClN3O7/c1-13(27)24-17(15-4-2-3-5-16(15)23)11-21(29)33-12-20(28)26-22(30)25-14-6-7-18-19(10-14)32-9-8-31-18/h2-7,10,17H,8-9,11-12H2,1H3,(H,24,27)(H2,25,26,28,30)/t17-/m0/s1. The summed E-state index contributed by atoms with van der Waals surface area (Å²) in [5, 5.41) is 7.55. The highest BCUT2D eigenvalue weighted by atomic mass is 35.5. The molecule has 0 fully saturated rings. The average molecular weight is 476 g/mol. The van der Waals surface area contributed by atoms with Crippen molar-refractivity contribution in [3.8, 4) is 11.5 Å². The summed E-state index contributed by atoms with van der Waals surface area (Å²) in [6.45, 7) is 1.47. The van der Waals surface area contributed by atoms with Gasteiger partial charge in [0.15, 0.2) is 18.1 Å². The van der Waals surface area contributed by atoms with Gasteiger partial charge in [-0.1, -0.05) is 29.8 Å². The third-order valence-corrected chi connectivity index (χ3v) is 4.79. The van der Waals surface area contributed by atoms with Gasteiger partial charge in [-0.05, 0) is 23.8 Å². The second kappa shape index (κ2) is 11.2. The monoisotopic (exact) mass is 475 g/mol. The SMILES string of the molecule is CC(=O)N[C@@H](CC(=O)OCC(=O)NC(=O)Nc1ccc2c(c1)OCCO2)c1ccccc1Cl. The smallest absolute Gasteiger partial charge is 0.325 e. The van der Waals surface area contributed by atoms with Gasteiger partial charge in [0.05, 0.1) is 12.5 Å². The van der Waals surface area contributed by atoms with Crippen LogP contribution in [0.2, 0.25) is 5.02 Å². The topological polar surface area (TPSA) is 132 Å². The minimum absolute atomic E-state index is 0.250. The lowest BCUT2D eigenvalue weighted by molar-refractivity contribution is -0.148. The number of fused-ring (bicyclic) bond motifs is 1. The summed E-state index contributed by atoms with van der Waals surface area (Å²) in [7, 11) is 0. The van der Waals surface area contributed by atoms with Crippen LogP contribution in [0.1, 0.15) is 24.9 Å². The van der Waals surface area contributed by atoms with E-state index in [2.05, 4.69) is 16.0 Å². The summed E-state index contributed by atoms with van der Waals surface area (Å²) in [5.41, 5.74) is 0.925. The normalized spacial score (nSPS) is 12.8. The highest BCUT2D eigenvalue weighted by Crippen LogP contribution is 2.32. The van der Waals surface area contributed by atoms with Crippen molar-refractivity contribution < 1.29 is 33.4 Å². The van der Waals surface area contributed by atoms with Crippen LogP contribution in [0.25, 0.3) is 0 Å². The third kappa shape index (κ3) is 7.11. The number of halogens is 1. The molecule has 3 rings (SSSR count). The van der Waals surface area contributed by atoms with Gasteiger partial charge in [-0.25, -0.2) is 4.79 Å². The van der Waals surface area contributed by atoms with Crippen LogP contribution in [0.5, 0.6) is 11.5 Å². The summed E-state index contributed by atoms with van der Waals surface area (Å²) < 4.78 is 15.8. The summed E-state index contributed by atoms with van der Waals surface area (Å²) in [5.74, 6) is -0.902. The molecule has 174 valence electrons. The maximum Gasteiger partial charge on any atom is 0.325 e. The lowest BCUT2D eigenvalue weighted by atomic mass is 10.0. The van der Waals surface area contributed by atoms with Crippen LogP contribution < -0.4 is 25.4 Å². The zero-order chi connectivity index (χ0) is 23.8. The van der Waals surface area contributed by atoms with Gasteiger partial charge in [0, 0.05) is 23.7 Å². The molecule has 1 aliphatic heterocycles. The Morgan fingerprint density at radius 1 is 1.06 bits per heavy atom. The molecule has 0 aromatic heterocycles. The van der Waals surface area contributed by atoms with Gasteiger partial charge in [-0.3, -0.25) is 19.7 Å². The fourth-order valence-corrected chi connectivity index (χ4v) is 3.33. The molecule has 0 saturated carbocycles. The number of carbonyl (C=O) groups excluding carboxylic acids is 4. The van der Waals surface area contributed by atoms with E-state index in [-0.39, 0.29) is 12.3 Å². The van der Waals surface area contributed by atoms with Crippen LogP contribution in [0.15, 0.2) is 42.5 Å². The van der Waals surface area contributed by atoms with Gasteiger partial charge in [0.25, 0.3) is 5.91 Å². The van der Waals surface area contributed by atoms with Crippen molar-refractivity contribution in [3.63, 3.8) is 0 Å². The van der Waals surface area contributed by atoms with Crippen molar-refractivity contribution >= 4 is 41.1 Å². The van der Waals surface area contributed by atoms with Crippen LogP contribution in [-0.2, 0) is 19.1 Å². The Bertz CT molecular complexity index is 1060. The third-order valence-electron chi connectivity index (χ3n) is 4.45. The number of hydrogen-bond acceptors (Lipinski definition) is 7. The van der Waals surface area contributed by atoms with Crippen molar-refractivity contribution in [2.75, 3.05) is 25.1 Å². The van der Waals surface area contributed by atoms with Crippen LogP contribution in [0.4, 0.5) is 10.5 Å². The molecule has 0 unspecified atom stereocenters. The lowest BCUT2D eigenvalue weighted by Crippen LogP contribution is -2.37. The summed E-state index contributed by atoms with van der Waals surface area (Å²) >= 11 is 6.15. The minimum atomic E-state index is -0.827. The quantitative estimate of drug-likeness (QED) is 0.524. The number of nitrogens with one attached hydrogen (secondary N) is 3. The second-order valence-electron chi connectivity index (χ2n) is 7.00. The first-order chi connectivity index (χ1) is 15.8. The predicted molar refractivity (Wildman–Crippen MR) is 118 cm³/mol. The largest absolute Gasteiger partial charge is 0.486 e. The number of imide groups is 1. The van der Waals surface area contributed by atoms with Crippen LogP contribution in [0.3, 0.4) is 0 Å². The Labute approximate surface area is 194 Å². The number of carbonyl (C=O) groups is 4. The van der Waals surface area contributed by atoms with E-state index in [1.807, 2.05) is 0 Å². The Kier molecular flexibility index (Phi) is 8.09. The molecular weight excluding hydrogens is 454 g/mol. The van der Waals surface area contributed by atoms with Crippen molar-refractivity contribution in [2.45, 2.75) is 19.4 Å². The molecular formula is C22H22ClN3O7. The molecule has 0 aliphatic carbocycles. The zero-order valence-electron chi connectivity index (χ0n) is 17.7. The number of anilines is 1. The fourth-order valence-electron chi connectivity index (χ4n) is 3.06. The highest BCUT2D eigenvalue weighted by molar-refractivity contribution is 6.31. The first-order valence-corrected chi connectivity index (χ1v) is 10.4. The molecule has 33 heavy (non-hydrogen) atoms. The molecule has 10 nitrogen and oxygen atoms in total. The number of esters is 1. The summed E-state index contributed by atoms with van der Waals surface area (Å²) in [4.78, 5) is 47.7. The number of ether oxygens (including phenoxy) is 3. The maximum atomic E-state index is 12.2. The fraction of sp³-hybridized carbons (Fsp3) is 0.273. The predicted octanol–water partition coefficient (Wildman–Crippen LogP) is 2.57. The second-order valence-corrected chi connectivity index (χ2v) is 7.41. The van der Waals surface area contributed by atoms with Gasteiger partial charge in [0.1, 0.15) is 13.2 Å².